The van der Waals surface area contributed by atoms with Gasteiger partial charge in [0.05, 0.1) is 4.90 Å². The molecule has 1 fully saturated rings. The number of hydrogen-bond acceptors (Lipinski definition) is 3. The van der Waals surface area contributed by atoms with Gasteiger partial charge in [0.25, 0.3) is 0 Å². The van der Waals surface area contributed by atoms with Gasteiger partial charge in [-0.25, -0.2) is 13.2 Å². The van der Waals surface area contributed by atoms with E-state index in [-0.39, 0.29) is 31.1 Å². The number of alkyl halides is 3. The van der Waals surface area contributed by atoms with Crippen LogP contribution in [-0.4, -0.2) is 62.6 Å². The van der Waals surface area contributed by atoms with Crippen LogP contribution in [0.15, 0.2) is 23.1 Å². The molecule has 0 saturated carbocycles. The molecule has 1 aliphatic heterocycles. The molecule has 0 spiro atoms. The fourth-order valence-corrected chi connectivity index (χ4v) is 3.95. The Morgan fingerprint density at radius 1 is 1.12 bits per heavy atom. The number of nitrogens with one attached hydrogen (secondary N) is 1. The summed E-state index contributed by atoms with van der Waals surface area (Å²) in [5.41, 5.74) is 1.83. The molecule has 2 amide bonds. The van der Waals surface area contributed by atoms with Crippen molar-refractivity contribution in [3.8, 4) is 0 Å². The summed E-state index contributed by atoms with van der Waals surface area (Å²) >= 11 is 0. The number of sulfonamides is 1. The number of carbonyl (C=O) groups is 1. The number of benzene rings is 1. The van der Waals surface area contributed by atoms with Crippen molar-refractivity contribution in [3.05, 3.63) is 29.3 Å². The Labute approximate surface area is 144 Å². The predicted octanol–water partition coefficient (Wildman–Crippen LogP) is 1.88. The molecule has 0 unspecified atom stereocenters. The van der Waals surface area contributed by atoms with Gasteiger partial charge in [-0.1, -0.05) is 6.07 Å². The molecule has 0 atom stereocenters. The first-order valence-electron chi connectivity index (χ1n) is 7.67. The standard InChI is InChI=1S/C15H20F3N3O3S/c1-11-3-4-13(9-12(11)2)25(23,24)21-7-5-20(6-8-21)14(22)19-10-15(16,17)18/h3-4,9H,5-8,10H2,1-2H3,(H,19,22). The molecule has 10 heteroatoms. The first kappa shape index (κ1) is 19.5. The Morgan fingerprint density at radius 2 is 1.72 bits per heavy atom. The van der Waals surface area contributed by atoms with Crippen LogP contribution >= 0.6 is 0 Å². The third kappa shape index (κ3) is 4.85. The zero-order valence-corrected chi connectivity index (χ0v) is 14.7. The van der Waals surface area contributed by atoms with Gasteiger partial charge in [0.2, 0.25) is 10.0 Å². The fourth-order valence-electron chi connectivity index (χ4n) is 2.44. The third-order valence-corrected chi connectivity index (χ3v) is 5.98. The van der Waals surface area contributed by atoms with Gasteiger partial charge in [-0.05, 0) is 37.1 Å². The number of aryl methyl sites for hydroxylation is 2. The summed E-state index contributed by atoms with van der Waals surface area (Å²) in [6, 6.07) is 4.00. The van der Waals surface area contributed by atoms with E-state index in [0.717, 1.165) is 11.1 Å². The van der Waals surface area contributed by atoms with Crippen LogP contribution < -0.4 is 5.32 Å². The summed E-state index contributed by atoms with van der Waals surface area (Å²) in [7, 11) is -3.69. The first-order chi connectivity index (χ1) is 11.5. The lowest BCUT2D eigenvalue weighted by Gasteiger charge is -2.34. The van der Waals surface area contributed by atoms with Crippen molar-refractivity contribution in [2.24, 2.45) is 0 Å². The Kier molecular flexibility index (Phi) is 5.62. The number of hydrogen-bond donors (Lipinski definition) is 1. The molecule has 140 valence electrons. The van der Waals surface area contributed by atoms with Crippen molar-refractivity contribution < 1.29 is 26.4 Å². The lowest BCUT2D eigenvalue weighted by atomic mass is 10.1. The Bertz CT molecular complexity index is 742. The van der Waals surface area contributed by atoms with E-state index in [1.165, 1.54) is 15.3 Å². The summed E-state index contributed by atoms with van der Waals surface area (Å²) in [5.74, 6) is 0. The molecule has 1 aliphatic rings. The van der Waals surface area contributed by atoms with E-state index in [1.54, 1.807) is 17.4 Å². The van der Waals surface area contributed by atoms with E-state index in [2.05, 4.69) is 0 Å². The minimum atomic E-state index is -4.48. The molecule has 1 heterocycles. The number of nitrogens with zero attached hydrogens (tertiary/aromatic N) is 2. The highest BCUT2D eigenvalue weighted by atomic mass is 32.2. The lowest BCUT2D eigenvalue weighted by molar-refractivity contribution is -0.123. The van der Waals surface area contributed by atoms with Gasteiger partial charge in [-0.2, -0.15) is 17.5 Å². The van der Waals surface area contributed by atoms with E-state index >= 15 is 0 Å². The van der Waals surface area contributed by atoms with Gasteiger partial charge in [0, 0.05) is 26.2 Å². The van der Waals surface area contributed by atoms with Crippen LogP contribution in [0.4, 0.5) is 18.0 Å². The monoisotopic (exact) mass is 379 g/mol. The van der Waals surface area contributed by atoms with Crippen LogP contribution in [0.1, 0.15) is 11.1 Å². The van der Waals surface area contributed by atoms with Gasteiger partial charge in [-0.3, -0.25) is 0 Å². The van der Waals surface area contributed by atoms with E-state index in [0.29, 0.717) is 0 Å². The molecular weight excluding hydrogens is 359 g/mol. The number of urea groups is 1. The van der Waals surface area contributed by atoms with Crippen molar-refractivity contribution in [1.82, 2.24) is 14.5 Å². The van der Waals surface area contributed by atoms with Gasteiger partial charge in [-0.15, -0.1) is 0 Å². The van der Waals surface area contributed by atoms with E-state index < -0.39 is 28.8 Å². The quantitative estimate of drug-likeness (QED) is 0.872. The highest BCUT2D eigenvalue weighted by molar-refractivity contribution is 7.89. The van der Waals surface area contributed by atoms with Crippen LogP contribution in [0.2, 0.25) is 0 Å². The van der Waals surface area contributed by atoms with Crippen molar-refractivity contribution >= 4 is 16.1 Å². The highest BCUT2D eigenvalue weighted by Crippen LogP contribution is 2.20. The highest BCUT2D eigenvalue weighted by Gasteiger charge is 2.32. The first-order valence-corrected chi connectivity index (χ1v) is 9.11. The summed E-state index contributed by atoms with van der Waals surface area (Å²) < 4.78 is 62.9. The predicted molar refractivity (Wildman–Crippen MR) is 85.7 cm³/mol. The molecule has 25 heavy (non-hydrogen) atoms. The fraction of sp³-hybridized carbons (Fsp3) is 0.533. The second-order valence-corrected chi connectivity index (χ2v) is 7.85. The van der Waals surface area contributed by atoms with Crippen LogP contribution in [0.3, 0.4) is 0 Å². The maximum Gasteiger partial charge on any atom is 0.405 e. The molecule has 6 nitrogen and oxygen atoms in total. The van der Waals surface area contributed by atoms with Crippen LogP contribution in [0.25, 0.3) is 0 Å². The molecular formula is C15H20F3N3O3S. The topological polar surface area (TPSA) is 69.7 Å². The summed E-state index contributed by atoms with van der Waals surface area (Å²) in [6.07, 6.45) is -4.48. The molecule has 0 aliphatic carbocycles. The SMILES string of the molecule is Cc1ccc(S(=O)(=O)N2CCN(C(=O)NCC(F)(F)F)CC2)cc1C. The number of rotatable bonds is 3. The molecule has 1 aromatic carbocycles. The molecule has 0 bridgehead atoms. The maximum atomic E-state index is 12.6. The van der Waals surface area contributed by atoms with E-state index in [4.69, 9.17) is 0 Å². The number of halogens is 3. The van der Waals surface area contributed by atoms with Crippen LogP contribution in [0, 0.1) is 13.8 Å². The van der Waals surface area contributed by atoms with Crippen molar-refractivity contribution in [3.63, 3.8) is 0 Å². The summed E-state index contributed by atoms with van der Waals surface area (Å²) in [4.78, 5) is 13.1. The molecule has 1 aromatic rings. The van der Waals surface area contributed by atoms with Gasteiger partial charge < -0.3 is 10.2 Å². The number of carbonyl (C=O) groups excluding carboxylic acids is 1. The van der Waals surface area contributed by atoms with Gasteiger partial charge in [0.1, 0.15) is 6.54 Å². The number of piperazine rings is 1. The molecule has 0 radical (unpaired) electrons. The van der Waals surface area contributed by atoms with Crippen molar-refractivity contribution in [2.75, 3.05) is 32.7 Å². The Balaban J connectivity index is 1.99. The molecule has 2 rings (SSSR count). The van der Waals surface area contributed by atoms with Crippen molar-refractivity contribution in [2.45, 2.75) is 24.9 Å². The van der Waals surface area contributed by atoms with Crippen molar-refractivity contribution in [1.29, 1.82) is 0 Å². The Morgan fingerprint density at radius 3 is 2.24 bits per heavy atom. The smallest absolute Gasteiger partial charge is 0.329 e. The minimum absolute atomic E-state index is 0.0355. The van der Waals surface area contributed by atoms with E-state index in [9.17, 15) is 26.4 Å². The Hall–Kier alpha value is -1.81. The normalized spacial score (nSPS) is 16.8. The molecule has 0 aromatic heterocycles. The van der Waals surface area contributed by atoms with Gasteiger partial charge >= 0.3 is 12.2 Å². The zero-order valence-electron chi connectivity index (χ0n) is 13.9. The van der Waals surface area contributed by atoms with E-state index in [1.807, 2.05) is 13.8 Å². The largest absolute Gasteiger partial charge is 0.405 e. The molecule has 1 N–H and O–H groups in total. The van der Waals surface area contributed by atoms with Gasteiger partial charge in [0.15, 0.2) is 0 Å². The second-order valence-electron chi connectivity index (χ2n) is 5.91. The van der Waals surface area contributed by atoms with Crippen LogP contribution in [0.5, 0.6) is 0 Å². The molecule has 1 saturated heterocycles. The zero-order chi connectivity index (χ0) is 18.8. The second kappa shape index (κ2) is 7.20. The lowest BCUT2D eigenvalue weighted by Crippen LogP contribution is -2.54. The summed E-state index contributed by atoms with van der Waals surface area (Å²) in [6.45, 7) is 2.43. The maximum absolute atomic E-state index is 12.6. The minimum Gasteiger partial charge on any atom is -0.329 e. The third-order valence-electron chi connectivity index (χ3n) is 4.08. The number of amides is 2. The van der Waals surface area contributed by atoms with Crippen LogP contribution in [-0.2, 0) is 10.0 Å². The average Bonchev–Trinajstić information content (AvgIpc) is 2.54. The average molecular weight is 379 g/mol. The summed E-state index contributed by atoms with van der Waals surface area (Å²) in [5, 5.41) is 1.79.